The van der Waals surface area contributed by atoms with Gasteiger partial charge in [0.15, 0.2) is 5.82 Å². The smallest absolute Gasteiger partial charge is 0.152 e. The Labute approximate surface area is 122 Å². The molecule has 0 radical (unpaired) electrons. The summed E-state index contributed by atoms with van der Waals surface area (Å²) in [5.41, 5.74) is 2.05. The molecule has 2 atom stereocenters. The molecule has 2 aromatic heterocycles. The van der Waals surface area contributed by atoms with Gasteiger partial charge in [0.1, 0.15) is 5.52 Å². The number of hydrogen-bond acceptors (Lipinski definition) is 4. The van der Waals surface area contributed by atoms with Gasteiger partial charge < -0.3 is 5.32 Å². The lowest BCUT2D eigenvalue weighted by Crippen LogP contribution is -2.19. The maximum absolute atomic E-state index is 11.1. The van der Waals surface area contributed by atoms with Crippen LogP contribution in [0.4, 0.5) is 5.82 Å². The average Bonchev–Trinajstić information content (AvgIpc) is 2.81. The maximum atomic E-state index is 11.1. The summed E-state index contributed by atoms with van der Waals surface area (Å²) in [6.45, 7) is 6.33. The fraction of sp³-hybridized carbons (Fsp3) is 0.571. The van der Waals surface area contributed by atoms with Crippen molar-refractivity contribution in [2.75, 3.05) is 17.3 Å². The Morgan fingerprint density at radius 2 is 2.15 bits per heavy atom. The molecule has 2 heterocycles. The van der Waals surface area contributed by atoms with Crippen LogP contribution < -0.4 is 5.32 Å². The first-order chi connectivity index (χ1) is 9.47. The second-order valence-corrected chi connectivity index (χ2v) is 7.00. The van der Waals surface area contributed by atoms with Crippen molar-refractivity contribution in [2.45, 2.75) is 39.2 Å². The lowest BCUT2D eigenvalue weighted by Gasteiger charge is -2.14. The second-order valence-electron chi connectivity index (χ2n) is 5.44. The number of fused-ring (bicyclic) bond motifs is 1. The van der Waals surface area contributed by atoms with E-state index >= 15 is 0 Å². The second kappa shape index (κ2) is 6.35. The third-order valence-corrected chi connectivity index (χ3v) is 4.03. The van der Waals surface area contributed by atoms with Crippen LogP contribution in [0.2, 0.25) is 0 Å². The molecule has 110 valence electrons. The molecule has 0 aromatic carbocycles. The van der Waals surface area contributed by atoms with Gasteiger partial charge in [0.2, 0.25) is 0 Å². The van der Waals surface area contributed by atoms with E-state index in [2.05, 4.69) is 42.2 Å². The highest BCUT2D eigenvalue weighted by Crippen LogP contribution is 2.20. The van der Waals surface area contributed by atoms with Gasteiger partial charge in [0.25, 0.3) is 0 Å². The Hall–Kier alpha value is -1.43. The lowest BCUT2D eigenvalue weighted by molar-refractivity contribution is 0.678. The summed E-state index contributed by atoms with van der Waals surface area (Å²) in [6.07, 6.45) is 6.20. The predicted molar refractivity (Wildman–Crippen MR) is 83.7 cm³/mol. The Bertz CT molecular complexity index is 608. The Morgan fingerprint density at radius 1 is 1.40 bits per heavy atom. The molecule has 0 fully saturated rings. The zero-order valence-electron chi connectivity index (χ0n) is 12.5. The van der Waals surface area contributed by atoms with E-state index in [4.69, 9.17) is 0 Å². The SMILES string of the molecule is CC(CCS(C)=O)Nc1nccn2nc(C(C)C)cc12. The number of nitrogens with zero attached hydrogens (tertiary/aromatic N) is 3. The van der Waals surface area contributed by atoms with Crippen molar-refractivity contribution in [3.8, 4) is 0 Å². The summed E-state index contributed by atoms with van der Waals surface area (Å²) in [7, 11) is -0.751. The van der Waals surface area contributed by atoms with Gasteiger partial charge >= 0.3 is 0 Å². The Morgan fingerprint density at radius 3 is 2.80 bits per heavy atom. The molecule has 0 aliphatic carbocycles. The monoisotopic (exact) mass is 294 g/mol. The van der Waals surface area contributed by atoms with Crippen molar-refractivity contribution >= 4 is 22.1 Å². The number of hydrogen-bond donors (Lipinski definition) is 1. The third-order valence-electron chi connectivity index (χ3n) is 3.22. The minimum absolute atomic E-state index is 0.231. The van der Waals surface area contributed by atoms with E-state index in [1.165, 1.54) is 0 Å². The van der Waals surface area contributed by atoms with Crippen LogP contribution in [-0.4, -0.2) is 36.9 Å². The lowest BCUT2D eigenvalue weighted by atomic mass is 10.1. The van der Waals surface area contributed by atoms with Crippen LogP contribution in [0.1, 0.15) is 38.8 Å². The van der Waals surface area contributed by atoms with Crippen molar-refractivity contribution in [2.24, 2.45) is 0 Å². The molecule has 0 amide bonds. The van der Waals surface area contributed by atoms with Crippen LogP contribution in [0.15, 0.2) is 18.5 Å². The standard InChI is InChI=1S/C14H22N4OS/c1-10(2)12-9-13-14(15-6-7-18(13)17-12)16-11(3)5-8-20(4)19/h6-7,9-11H,5,8H2,1-4H3,(H,15,16). The van der Waals surface area contributed by atoms with Crippen molar-refractivity contribution in [3.63, 3.8) is 0 Å². The number of rotatable bonds is 6. The van der Waals surface area contributed by atoms with Crippen LogP contribution in [0.3, 0.4) is 0 Å². The fourth-order valence-electron chi connectivity index (χ4n) is 1.98. The highest BCUT2D eigenvalue weighted by Gasteiger charge is 2.11. The Kier molecular flexibility index (Phi) is 4.75. The van der Waals surface area contributed by atoms with E-state index in [1.54, 1.807) is 12.5 Å². The largest absolute Gasteiger partial charge is 0.366 e. The highest BCUT2D eigenvalue weighted by atomic mass is 32.2. The molecule has 0 aliphatic rings. The number of anilines is 1. The van der Waals surface area contributed by atoms with Crippen molar-refractivity contribution in [1.29, 1.82) is 0 Å². The predicted octanol–water partition coefficient (Wildman–Crippen LogP) is 2.42. The molecular weight excluding hydrogens is 272 g/mol. The molecule has 0 saturated heterocycles. The van der Waals surface area contributed by atoms with E-state index in [9.17, 15) is 4.21 Å². The molecule has 2 aromatic rings. The summed E-state index contributed by atoms with van der Waals surface area (Å²) < 4.78 is 13.0. The van der Waals surface area contributed by atoms with Crippen LogP contribution >= 0.6 is 0 Å². The average molecular weight is 294 g/mol. The summed E-state index contributed by atoms with van der Waals surface area (Å²) in [4.78, 5) is 4.40. The maximum Gasteiger partial charge on any atom is 0.152 e. The van der Waals surface area contributed by atoms with E-state index < -0.39 is 10.8 Å². The Balaban J connectivity index is 2.19. The third kappa shape index (κ3) is 3.56. The molecule has 20 heavy (non-hydrogen) atoms. The first kappa shape index (κ1) is 15.0. The first-order valence-corrected chi connectivity index (χ1v) is 8.61. The zero-order valence-corrected chi connectivity index (χ0v) is 13.3. The molecule has 2 rings (SSSR count). The molecule has 2 unspecified atom stereocenters. The van der Waals surface area contributed by atoms with Gasteiger partial charge in [-0.15, -0.1) is 0 Å². The summed E-state index contributed by atoms with van der Waals surface area (Å²) in [6, 6.07) is 2.31. The summed E-state index contributed by atoms with van der Waals surface area (Å²) in [5, 5.41) is 7.93. The van der Waals surface area contributed by atoms with Gasteiger partial charge in [0, 0.05) is 41.2 Å². The molecule has 0 saturated carbocycles. The molecule has 0 aliphatic heterocycles. The van der Waals surface area contributed by atoms with Crippen LogP contribution in [0.25, 0.3) is 5.52 Å². The van der Waals surface area contributed by atoms with Crippen LogP contribution in [-0.2, 0) is 10.8 Å². The molecule has 5 nitrogen and oxygen atoms in total. The summed E-state index contributed by atoms with van der Waals surface area (Å²) in [5.74, 6) is 1.93. The minimum Gasteiger partial charge on any atom is -0.366 e. The zero-order chi connectivity index (χ0) is 14.7. The van der Waals surface area contributed by atoms with Crippen LogP contribution in [0.5, 0.6) is 0 Å². The molecule has 6 heteroatoms. The molecule has 0 bridgehead atoms. The highest BCUT2D eigenvalue weighted by molar-refractivity contribution is 7.84. The molecular formula is C14H22N4OS. The van der Waals surface area contributed by atoms with Crippen molar-refractivity contribution < 1.29 is 4.21 Å². The minimum atomic E-state index is -0.751. The quantitative estimate of drug-likeness (QED) is 0.889. The van der Waals surface area contributed by atoms with Gasteiger partial charge in [0.05, 0.1) is 5.69 Å². The summed E-state index contributed by atoms with van der Waals surface area (Å²) >= 11 is 0. The fourth-order valence-corrected chi connectivity index (χ4v) is 2.67. The topological polar surface area (TPSA) is 59.3 Å². The van der Waals surface area contributed by atoms with Crippen LogP contribution in [0, 0.1) is 0 Å². The van der Waals surface area contributed by atoms with Gasteiger partial charge in [-0.05, 0) is 25.3 Å². The van der Waals surface area contributed by atoms with Gasteiger partial charge in [-0.1, -0.05) is 13.8 Å². The number of nitrogens with one attached hydrogen (secondary N) is 1. The van der Waals surface area contributed by atoms with Gasteiger partial charge in [-0.25, -0.2) is 9.50 Å². The molecule has 0 spiro atoms. The van der Waals surface area contributed by atoms with Gasteiger partial charge in [-0.3, -0.25) is 4.21 Å². The normalized spacial score (nSPS) is 14.7. The van der Waals surface area contributed by atoms with Crippen molar-refractivity contribution in [3.05, 3.63) is 24.2 Å². The van der Waals surface area contributed by atoms with E-state index in [1.807, 2.05) is 10.7 Å². The number of aromatic nitrogens is 3. The van der Waals surface area contributed by atoms with E-state index in [0.29, 0.717) is 11.7 Å². The molecule has 1 N–H and O–H groups in total. The van der Waals surface area contributed by atoms with Gasteiger partial charge in [-0.2, -0.15) is 5.10 Å². The van der Waals surface area contributed by atoms with Crippen molar-refractivity contribution in [1.82, 2.24) is 14.6 Å². The van der Waals surface area contributed by atoms with E-state index in [0.717, 1.165) is 23.4 Å². The van der Waals surface area contributed by atoms with E-state index in [-0.39, 0.29) is 6.04 Å². The first-order valence-electron chi connectivity index (χ1n) is 6.88.